The van der Waals surface area contributed by atoms with Gasteiger partial charge in [0.05, 0.1) is 28.3 Å². The summed E-state index contributed by atoms with van der Waals surface area (Å²) < 4.78 is 10.5. The zero-order chi connectivity index (χ0) is 29.3. The Morgan fingerprint density at radius 1 is 0.902 bits per heavy atom. The highest BCUT2D eigenvalue weighted by Crippen LogP contribution is 2.40. The average Bonchev–Trinajstić information content (AvgIpc) is 3.25. The maximum absolute atomic E-state index is 13.1. The number of Topliss-reactive ketones (excluding diaryl/α,β-unsaturated/α-hetero) is 1. The monoisotopic (exact) mass is 570 g/mol. The van der Waals surface area contributed by atoms with Crippen LogP contribution in [0.2, 0.25) is 5.02 Å². The summed E-state index contributed by atoms with van der Waals surface area (Å²) in [6, 6.07) is 22.5. The molecule has 11 heteroatoms. The first-order valence-electron chi connectivity index (χ1n) is 12.1. The first kappa shape index (κ1) is 27.2. The minimum absolute atomic E-state index is 0.0971. The van der Waals surface area contributed by atoms with Crippen molar-refractivity contribution in [2.45, 2.75) is 0 Å². The number of halogens is 1. The zero-order valence-corrected chi connectivity index (χ0v) is 22.1. The third kappa shape index (κ3) is 5.04. The van der Waals surface area contributed by atoms with Crippen LogP contribution in [-0.2, 0) is 4.74 Å². The van der Waals surface area contributed by atoms with Crippen LogP contribution in [0.4, 0.5) is 11.4 Å². The van der Waals surface area contributed by atoms with E-state index in [0.717, 1.165) is 23.3 Å². The second-order valence-electron chi connectivity index (χ2n) is 8.85. The van der Waals surface area contributed by atoms with E-state index < -0.39 is 40.8 Å². The fourth-order valence-corrected chi connectivity index (χ4v) is 4.70. The van der Waals surface area contributed by atoms with E-state index in [1.54, 1.807) is 24.3 Å². The van der Waals surface area contributed by atoms with E-state index in [2.05, 4.69) is 0 Å². The van der Waals surface area contributed by atoms with E-state index in [4.69, 9.17) is 21.1 Å². The van der Waals surface area contributed by atoms with E-state index in [1.807, 2.05) is 30.3 Å². The Morgan fingerprint density at radius 2 is 1.59 bits per heavy atom. The predicted molar refractivity (Wildman–Crippen MR) is 149 cm³/mol. The van der Waals surface area contributed by atoms with E-state index in [9.17, 15) is 29.3 Å². The van der Waals surface area contributed by atoms with Gasteiger partial charge in [0.25, 0.3) is 17.5 Å². The molecule has 0 N–H and O–H groups in total. The standard InChI is InChI=1S/C30H19ClN2O8/c1-40-26-15-24(32-28(35)20-8-5-9-23(33(38)39)27(20)29(32)36)22(31)14-21(26)30(37)41-16-25(34)19-12-10-18(11-13-19)17-6-3-2-4-7-17/h2-15H,16H2,1H3. The van der Waals surface area contributed by atoms with Gasteiger partial charge in [0.15, 0.2) is 12.4 Å². The Kier molecular flexibility index (Phi) is 7.32. The summed E-state index contributed by atoms with van der Waals surface area (Å²) in [6.07, 6.45) is 0. The fourth-order valence-electron chi connectivity index (χ4n) is 4.45. The SMILES string of the molecule is COc1cc(N2C(=O)c3cccc([N+](=O)[O-])c3C2=O)c(Cl)cc1C(=O)OCC(=O)c1ccc(-c2ccccc2)cc1. The molecule has 0 saturated carbocycles. The Balaban J connectivity index is 1.34. The molecule has 4 aromatic carbocycles. The van der Waals surface area contributed by atoms with Crippen molar-refractivity contribution in [2.24, 2.45) is 0 Å². The van der Waals surface area contributed by atoms with Gasteiger partial charge in [-0.15, -0.1) is 0 Å². The van der Waals surface area contributed by atoms with Crippen molar-refractivity contribution in [1.29, 1.82) is 0 Å². The average molecular weight is 571 g/mol. The van der Waals surface area contributed by atoms with Crippen molar-refractivity contribution in [1.82, 2.24) is 0 Å². The highest BCUT2D eigenvalue weighted by molar-refractivity contribution is 6.40. The molecule has 1 aliphatic heterocycles. The number of benzene rings is 4. The number of carbonyl (C=O) groups is 4. The molecule has 5 rings (SSSR count). The van der Waals surface area contributed by atoms with Gasteiger partial charge in [-0.05, 0) is 23.3 Å². The summed E-state index contributed by atoms with van der Waals surface area (Å²) in [6.45, 7) is -0.561. The normalized spacial score (nSPS) is 12.2. The highest BCUT2D eigenvalue weighted by atomic mass is 35.5. The number of rotatable bonds is 8. The van der Waals surface area contributed by atoms with E-state index in [0.29, 0.717) is 10.5 Å². The van der Waals surface area contributed by atoms with Crippen molar-refractivity contribution in [3.05, 3.63) is 122 Å². The number of ketones is 1. The molecule has 10 nitrogen and oxygen atoms in total. The minimum atomic E-state index is -0.944. The highest BCUT2D eigenvalue weighted by Gasteiger charge is 2.43. The molecule has 0 aliphatic carbocycles. The number of hydrogen-bond donors (Lipinski definition) is 0. The van der Waals surface area contributed by atoms with Crippen LogP contribution in [0.3, 0.4) is 0 Å². The van der Waals surface area contributed by atoms with E-state index in [1.165, 1.54) is 25.3 Å². The summed E-state index contributed by atoms with van der Waals surface area (Å²) in [5.74, 6) is -3.23. The number of ether oxygens (including phenoxy) is 2. The molecule has 0 radical (unpaired) electrons. The molecule has 0 unspecified atom stereocenters. The van der Waals surface area contributed by atoms with Crippen molar-refractivity contribution in [3.63, 3.8) is 0 Å². The molecule has 1 aliphatic rings. The van der Waals surface area contributed by atoms with Crippen LogP contribution in [0.5, 0.6) is 5.75 Å². The molecule has 41 heavy (non-hydrogen) atoms. The number of methoxy groups -OCH3 is 1. The van der Waals surface area contributed by atoms with Crippen molar-refractivity contribution >= 4 is 46.5 Å². The van der Waals surface area contributed by atoms with Crippen LogP contribution in [0.25, 0.3) is 11.1 Å². The van der Waals surface area contributed by atoms with E-state index >= 15 is 0 Å². The number of hydrogen-bond acceptors (Lipinski definition) is 8. The number of fused-ring (bicyclic) bond motifs is 1. The van der Waals surface area contributed by atoms with Gasteiger partial charge in [-0.2, -0.15) is 0 Å². The molecule has 0 atom stereocenters. The van der Waals surface area contributed by atoms with Crippen LogP contribution >= 0.6 is 11.6 Å². The van der Waals surface area contributed by atoms with Crippen molar-refractivity contribution < 1.29 is 33.6 Å². The molecule has 1 heterocycles. The lowest BCUT2D eigenvalue weighted by molar-refractivity contribution is -0.385. The summed E-state index contributed by atoms with van der Waals surface area (Å²) >= 11 is 6.37. The third-order valence-corrected chi connectivity index (χ3v) is 6.77. The van der Waals surface area contributed by atoms with Crippen molar-refractivity contribution in [3.8, 4) is 16.9 Å². The molecule has 0 fully saturated rings. The maximum Gasteiger partial charge on any atom is 0.342 e. The summed E-state index contributed by atoms with van der Waals surface area (Å²) in [5, 5.41) is 11.2. The van der Waals surface area contributed by atoms with Gasteiger partial charge in [-0.3, -0.25) is 24.5 Å². The third-order valence-electron chi connectivity index (χ3n) is 6.47. The topological polar surface area (TPSA) is 133 Å². The van der Waals surface area contributed by atoms with Crippen LogP contribution in [0.1, 0.15) is 41.4 Å². The summed E-state index contributed by atoms with van der Waals surface area (Å²) in [5.41, 5.74) is 0.917. The summed E-state index contributed by atoms with van der Waals surface area (Å²) in [4.78, 5) is 63.0. The number of anilines is 1. The fraction of sp³-hybridized carbons (Fsp3) is 0.0667. The van der Waals surface area contributed by atoms with Crippen LogP contribution < -0.4 is 9.64 Å². The van der Waals surface area contributed by atoms with E-state index in [-0.39, 0.29) is 33.1 Å². The van der Waals surface area contributed by atoms with Crippen LogP contribution in [0, 0.1) is 10.1 Å². The smallest absolute Gasteiger partial charge is 0.342 e. The number of imide groups is 1. The Hall–Kier alpha value is -5.35. The number of amides is 2. The van der Waals surface area contributed by atoms with Crippen LogP contribution in [-0.4, -0.2) is 42.2 Å². The lowest BCUT2D eigenvalue weighted by Gasteiger charge is -2.18. The number of carbonyl (C=O) groups excluding carboxylic acids is 4. The van der Waals surface area contributed by atoms with Gasteiger partial charge in [-0.25, -0.2) is 9.69 Å². The molecule has 0 saturated heterocycles. The Morgan fingerprint density at radius 3 is 2.24 bits per heavy atom. The number of nitro groups is 1. The van der Waals surface area contributed by atoms with Gasteiger partial charge in [-0.1, -0.05) is 72.3 Å². The van der Waals surface area contributed by atoms with Gasteiger partial charge in [0.2, 0.25) is 0 Å². The van der Waals surface area contributed by atoms with Crippen molar-refractivity contribution in [2.75, 3.05) is 18.6 Å². The second kappa shape index (κ2) is 11.0. The molecule has 2 amide bonds. The molecule has 0 bridgehead atoms. The van der Waals surface area contributed by atoms with Gasteiger partial charge in [0, 0.05) is 17.7 Å². The maximum atomic E-state index is 13.1. The largest absolute Gasteiger partial charge is 0.496 e. The molecule has 0 aromatic heterocycles. The second-order valence-corrected chi connectivity index (χ2v) is 9.26. The molecule has 204 valence electrons. The zero-order valence-electron chi connectivity index (χ0n) is 21.3. The van der Waals surface area contributed by atoms with Gasteiger partial charge >= 0.3 is 5.97 Å². The lowest BCUT2D eigenvalue weighted by Crippen LogP contribution is -2.30. The quantitative estimate of drug-likeness (QED) is 0.0857. The predicted octanol–water partition coefficient (Wildman–Crippen LogP) is 5.76. The molecular formula is C30H19ClN2O8. The number of esters is 1. The Bertz CT molecular complexity index is 1740. The first-order valence-corrected chi connectivity index (χ1v) is 12.5. The number of nitrogens with zero attached hydrogens (tertiary/aromatic N) is 2. The molecule has 4 aromatic rings. The summed E-state index contributed by atoms with van der Waals surface area (Å²) in [7, 11) is 1.25. The van der Waals surface area contributed by atoms with Crippen LogP contribution in [0.15, 0.2) is 84.9 Å². The van der Waals surface area contributed by atoms with Gasteiger partial charge in [0.1, 0.15) is 16.9 Å². The molecular weight excluding hydrogens is 552 g/mol. The lowest BCUT2D eigenvalue weighted by atomic mass is 10.0. The number of nitro benzene ring substituents is 1. The molecule has 0 spiro atoms. The first-order chi connectivity index (χ1) is 19.7. The minimum Gasteiger partial charge on any atom is -0.496 e. The van der Waals surface area contributed by atoms with Gasteiger partial charge < -0.3 is 9.47 Å². The Labute approximate surface area is 237 Å².